The Morgan fingerprint density at radius 3 is 2.17 bits per heavy atom. The van der Waals surface area contributed by atoms with Crippen LogP contribution in [-0.2, 0) is 27.4 Å². The Balaban J connectivity index is 1.36. The summed E-state index contributed by atoms with van der Waals surface area (Å²) in [7, 11) is 0. The molecular formula is C28H28N2O5. The van der Waals surface area contributed by atoms with E-state index in [1.54, 1.807) is 0 Å². The smallest absolute Gasteiger partial charge is 0.410 e. The fourth-order valence-electron chi connectivity index (χ4n) is 4.23. The van der Waals surface area contributed by atoms with Gasteiger partial charge in [0, 0.05) is 13.0 Å². The Labute approximate surface area is 204 Å². The number of likely N-dealkylation sites (tertiary alicyclic amines) is 1. The van der Waals surface area contributed by atoms with Crippen molar-refractivity contribution in [3.05, 3.63) is 96.1 Å². The van der Waals surface area contributed by atoms with E-state index >= 15 is 0 Å². The normalized spacial score (nSPS) is 15.9. The quantitative estimate of drug-likeness (QED) is 0.511. The SMILES string of the molecule is O=C(O)[C@H](Cc1ccc(-c2ccccc2)cc1)NC(=O)[C@H]1CCCN1C(=O)OCc1ccccc1. The minimum Gasteiger partial charge on any atom is -0.480 e. The minimum atomic E-state index is -1.12. The van der Waals surface area contributed by atoms with E-state index in [4.69, 9.17) is 4.74 Å². The maximum absolute atomic E-state index is 13.0. The molecule has 1 saturated heterocycles. The molecule has 35 heavy (non-hydrogen) atoms. The topological polar surface area (TPSA) is 95.9 Å². The van der Waals surface area contributed by atoms with Gasteiger partial charge in [-0.2, -0.15) is 0 Å². The number of rotatable bonds is 8. The van der Waals surface area contributed by atoms with Gasteiger partial charge in [0.15, 0.2) is 0 Å². The van der Waals surface area contributed by atoms with Crippen LogP contribution in [0.15, 0.2) is 84.9 Å². The van der Waals surface area contributed by atoms with Crippen LogP contribution in [0.4, 0.5) is 4.79 Å². The standard InChI is InChI=1S/C28H28N2O5/c31-26(25-12-7-17-30(25)28(34)35-19-21-8-3-1-4-9-21)29-24(27(32)33)18-20-13-15-23(16-14-20)22-10-5-2-6-11-22/h1-6,8-11,13-16,24-25H,7,12,17-19H2,(H,29,31)(H,32,33)/t24-,25+/m0/s1. The van der Waals surface area contributed by atoms with Gasteiger partial charge >= 0.3 is 12.1 Å². The van der Waals surface area contributed by atoms with Gasteiger partial charge in [-0.25, -0.2) is 9.59 Å². The number of nitrogens with zero attached hydrogens (tertiary/aromatic N) is 1. The predicted molar refractivity (Wildman–Crippen MR) is 132 cm³/mol. The maximum Gasteiger partial charge on any atom is 0.410 e. The molecule has 7 heteroatoms. The number of aliphatic carboxylic acids is 1. The molecule has 3 aromatic rings. The molecule has 7 nitrogen and oxygen atoms in total. The van der Waals surface area contributed by atoms with Crippen molar-refractivity contribution in [2.45, 2.75) is 38.0 Å². The first-order chi connectivity index (χ1) is 17.0. The molecule has 3 aromatic carbocycles. The molecule has 180 valence electrons. The summed E-state index contributed by atoms with van der Waals surface area (Å²) >= 11 is 0. The molecule has 0 aromatic heterocycles. The number of carboxylic acid groups (broad SMARTS) is 1. The van der Waals surface area contributed by atoms with Crippen LogP contribution >= 0.6 is 0 Å². The number of hydrogen-bond donors (Lipinski definition) is 2. The van der Waals surface area contributed by atoms with Crippen LogP contribution in [-0.4, -0.2) is 46.6 Å². The van der Waals surface area contributed by atoms with Gasteiger partial charge in [-0.05, 0) is 35.1 Å². The molecule has 2 N–H and O–H groups in total. The van der Waals surface area contributed by atoms with Gasteiger partial charge in [0.1, 0.15) is 18.7 Å². The Morgan fingerprint density at radius 1 is 0.886 bits per heavy atom. The second-order valence-electron chi connectivity index (χ2n) is 8.56. The van der Waals surface area contributed by atoms with Gasteiger partial charge in [0.2, 0.25) is 5.91 Å². The highest BCUT2D eigenvalue weighted by molar-refractivity contribution is 5.89. The molecule has 0 saturated carbocycles. The summed E-state index contributed by atoms with van der Waals surface area (Å²) in [6.07, 6.45) is 0.679. The third-order valence-electron chi connectivity index (χ3n) is 6.11. The van der Waals surface area contributed by atoms with Crippen LogP contribution in [0, 0.1) is 0 Å². The summed E-state index contributed by atoms with van der Waals surface area (Å²) in [6, 6.07) is 24.9. The van der Waals surface area contributed by atoms with Crippen LogP contribution in [0.2, 0.25) is 0 Å². The Kier molecular flexibility index (Phi) is 7.77. The molecule has 1 fully saturated rings. The lowest BCUT2D eigenvalue weighted by molar-refractivity contribution is -0.142. The van der Waals surface area contributed by atoms with Gasteiger partial charge in [-0.3, -0.25) is 9.69 Å². The second kappa shape index (κ2) is 11.3. The summed E-state index contributed by atoms with van der Waals surface area (Å²) in [6.45, 7) is 0.506. The summed E-state index contributed by atoms with van der Waals surface area (Å²) in [5.74, 6) is -1.60. The monoisotopic (exact) mass is 472 g/mol. The predicted octanol–water partition coefficient (Wildman–Crippen LogP) is 4.27. The van der Waals surface area contributed by atoms with E-state index in [2.05, 4.69) is 5.32 Å². The average molecular weight is 473 g/mol. The molecule has 0 radical (unpaired) electrons. The Morgan fingerprint density at radius 2 is 1.51 bits per heavy atom. The van der Waals surface area contributed by atoms with E-state index in [0.717, 1.165) is 22.3 Å². The molecular weight excluding hydrogens is 444 g/mol. The summed E-state index contributed by atoms with van der Waals surface area (Å²) in [5, 5.41) is 12.3. The fourth-order valence-corrected chi connectivity index (χ4v) is 4.23. The van der Waals surface area contributed by atoms with Crippen molar-refractivity contribution in [1.82, 2.24) is 10.2 Å². The van der Waals surface area contributed by atoms with Crippen molar-refractivity contribution in [2.75, 3.05) is 6.54 Å². The zero-order valence-corrected chi connectivity index (χ0v) is 19.3. The molecule has 0 aliphatic carbocycles. The largest absolute Gasteiger partial charge is 0.480 e. The third-order valence-corrected chi connectivity index (χ3v) is 6.11. The molecule has 0 unspecified atom stereocenters. The van der Waals surface area contributed by atoms with Gasteiger partial charge in [-0.1, -0.05) is 84.9 Å². The molecule has 2 amide bonds. The minimum absolute atomic E-state index is 0.112. The summed E-state index contributed by atoms with van der Waals surface area (Å²) in [5.41, 5.74) is 3.75. The highest BCUT2D eigenvalue weighted by Crippen LogP contribution is 2.21. The molecule has 2 atom stereocenters. The average Bonchev–Trinajstić information content (AvgIpc) is 3.39. The van der Waals surface area contributed by atoms with Crippen LogP contribution in [0.1, 0.15) is 24.0 Å². The molecule has 1 aliphatic rings. The van der Waals surface area contributed by atoms with Gasteiger partial charge in [-0.15, -0.1) is 0 Å². The number of carboxylic acids is 1. The zero-order chi connectivity index (χ0) is 24.6. The number of amides is 2. The van der Waals surface area contributed by atoms with E-state index in [1.807, 2.05) is 84.9 Å². The molecule has 0 bridgehead atoms. The first-order valence-electron chi connectivity index (χ1n) is 11.7. The van der Waals surface area contributed by atoms with Crippen molar-refractivity contribution >= 4 is 18.0 Å². The zero-order valence-electron chi connectivity index (χ0n) is 19.3. The van der Waals surface area contributed by atoms with Crippen LogP contribution in [0.3, 0.4) is 0 Å². The Hall–Kier alpha value is -4.13. The number of benzene rings is 3. The lowest BCUT2D eigenvalue weighted by Crippen LogP contribution is -2.51. The van der Waals surface area contributed by atoms with Crippen molar-refractivity contribution in [3.8, 4) is 11.1 Å². The molecule has 1 aliphatic heterocycles. The number of carbonyl (C=O) groups is 3. The van der Waals surface area contributed by atoms with Crippen molar-refractivity contribution < 1.29 is 24.2 Å². The number of ether oxygens (including phenoxy) is 1. The number of nitrogens with one attached hydrogen (secondary N) is 1. The summed E-state index contributed by atoms with van der Waals surface area (Å²) < 4.78 is 5.38. The first kappa shape index (κ1) is 24.0. The van der Waals surface area contributed by atoms with E-state index in [1.165, 1.54) is 4.90 Å². The van der Waals surface area contributed by atoms with Crippen LogP contribution in [0.5, 0.6) is 0 Å². The van der Waals surface area contributed by atoms with Crippen molar-refractivity contribution in [2.24, 2.45) is 0 Å². The molecule has 1 heterocycles. The van der Waals surface area contributed by atoms with Gasteiger partial charge in [0.25, 0.3) is 0 Å². The number of carbonyl (C=O) groups excluding carboxylic acids is 2. The molecule has 0 spiro atoms. The van der Waals surface area contributed by atoms with E-state index in [-0.39, 0.29) is 13.0 Å². The van der Waals surface area contributed by atoms with Gasteiger partial charge < -0.3 is 15.2 Å². The van der Waals surface area contributed by atoms with Crippen LogP contribution < -0.4 is 5.32 Å². The first-order valence-corrected chi connectivity index (χ1v) is 11.7. The van der Waals surface area contributed by atoms with Crippen molar-refractivity contribution in [3.63, 3.8) is 0 Å². The maximum atomic E-state index is 13.0. The highest BCUT2D eigenvalue weighted by atomic mass is 16.6. The Bertz CT molecular complexity index is 1150. The van der Waals surface area contributed by atoms with Crippen LogP contribution in [0.25, 0.3) is 11.1 Å². The highest BCUT2D eigenvalue weighted by Gasteiger charge is 2.36. The van der Waals surface area contributed by atoms with E-state index in [9.17, 15) is 19.5 Å². The van der Waals surface area contributed by atoms with Crippen molar-refractivity contribution in [1.29, 1.82) is 0 Å². The lowest BCUT2D eigenvalue weighted by atomic mass is 10.0. The van der Waals surface area contributed by atoms with E-state index in [0.29, 0.717) is 19.4 Å². The second-order valence-corrected chi connectivity index (χ2v) is 8.56. The van der Waals surface area contributed by atoms with E-state index < -0.39 is 30.1 Å². The lowest BCUT2D eigenvalue weighted by Gasteiger charge is -2.25. The fraction of sp³-hybridized carbons (Fsp3) is 0.250. The summed E-state index contributed by atoms with van der Waals surface area (Å²) in [4.78, 5) is 38.8. The van der Waals surface area contributed by atoms with Gasteiger partial charge in [0.05, 0.1) is 0 Å². The number of hydrogen-bond acceptors (Lipinski definition) is 4. The third kappa shape index (κ3) is 6.26. The molecule has 4 rings (SSSR count).